The van der Waals surface area contributed by atoms with Gasteiger partial charge in [0.2, 0.25) is 0 Å². The SMILES string of the molecule is CNC(c1ccc2c(c1)oc(=O)n2C)c1cscc1C. The van der Waals surface area contributed by atoms with E-state index in [4.69, 9.17) is 4.42 Å². The largest absolute Gasteiger partial charge is 0.419 e. The standard InChI is InChI=1S/C15H16N2O2S/c1-9-7-20-8-11(9)14(16-2)10-4-5-12-13(6-10)19-15(18)17(12)3/h4-8,14,16H,1-3H3. The maximum Gasteiger partial charge on any atom is 0.419 e. The molecule has 0 aliphatic carbocycles. The van der Waals surface area contributed by atoms with Crippen molar-refractivity contribution >= 4 is 22.4 Å². The third-order valence-corrected chi connectivity index (χ3v) is 4.52. The molecule has 104 valence electrons. The first-order chi connectivity index (χ1) is 9.61. The van der Waals surface area contributed by atoms with Gasteiger partial charge in [-0.15, -0.1) is 0 Å². The Balaban J connectivity index is 2.13. The summed E-state index contributed by atoms with van der Waals surface area (Å²) in [5.74, 6) is -0.329. The highest BCUT2D eigenvalue weighted by molar-refractivity contribution is 7.08. The molecule has 0 saturated carbocycles. The highest BCUT2D eigenvalue weighted by Gasteiger charge is 2.17. The maximum atomic E-state index is 11.6. The van der Waals surface area contributed by atoms with Crippen LogP contribution in [0.5, 0.6) is 0 Å². The summed E-state index contributed by atoms with van der Waals surface area (Å²) in [5, 5.41) is 7.62. The minimum atomic E-state index is -0.329. The van der Waals surface area contributed by atoms with Gasteiger partial charge in [0.25, 0.3) is 0 Å². The molecule has 2 aromatic heterocycles. The van der Waals surface area contributed by atoms with Crippen molar-refractivity contribution in [3.8, 4) is 0 Å². The lowest BCUT2D eigenvalue weighted by molar-refractivity contribution is 0.527. The van der Waals surface area contributed by atoms with Crippen LogP contribution in [0.4, 0.5) is 0 Å². The second-order valence-corrected chi connectivity index (χ2v) is 5.63. The van der Waals surface area contributed by atoms with Crippen molar-refractivity contribution in [2.24, 2.45) is 7.05 Å². The maximum absolute atomic E-state index is 11.6. The Morgan fingerprint density at radius 3 is 2.80 bits per heavy atom. The normalized spacial score (nSPS) is 12.9. The predicted octanol–water partition coefficient (Wildman–Crippen LogP) is 2.81. The molecular formula is C15H16N2O2S. The van der Waals surface area contributed by atoms with Crippen LogP contribution in [-0.2, 0) is 7.05 Å². The molecule has 1 aromatic carbocycles. The summed E-state index contributed by atoms with van der Waals surface area (Å²) in [6.07, 6.45) is 0. The smallest absolute Gasteiger partial charge is 0.408 e. The first kappa shape index (κ1) is 13.1. The first-order valence-electron chi connectivity index (χ1n) is 6.41. The van der Waals surface area contributed by atoms with Crippen LogP contribution < -0.4 is 11.1 Å². The molecule has 0 radical (unpaired) electrons. The van der Waals surface area contributed by atoms with Crippen LogP contribution in [0.1, 0.15) is 22.7 Å². The fraction of sp³-hybridized carbons (Fsp3) is 0.267. The lowest BCUT2D eigenvalue weighted by Gasteiger charge is -2.16. The number of nitrogens with one attached hydrogen (secondary N) is 1. The van der Waals surface area contributed by atoms with Gasteiger partial charge in [0.15, 0.2) is 5.58 Å². The van der Waals surface area contributed by atoms with Crippen molar-refractivity contribution in [3.05, 3.63) is 56.2 Å². The summed E-state index contributed by atoms with van der Waals surface area (Å²) in [4.78, 5) is 11.6. The van der Waals surface area contributed by atoms with Gasteiger partial charge in [0.05, 0.1) is 11.6 Å². The van der Waals surface area contributed by atoms with Gasteiger partial charge >= 0.3 is 5.76 Å². The van der Waals surface area contributed by atoms with Gasteiger partial charge in [0, 0.05) is 7.05 Å². The molecule has 5 heteroatoms. The number of fused-ring (bicyclic) bond motifs is 1. The van der Waals surface area contributed by atoms with Crippen molar-refractivity contribution in [1.29, 1.82) is 0 Å². The molecule has 2 heterocycles. The molecule has 0 amide bonds. The molecule has 0 bridgehead atoms. The number of hydrogen-bond acceptors (Lipinski definition) is 4. The van der Waals surface area contributed by atoms with Gasteiger partial charge in [0.1, 0.15) is 0 Å². The van der Waals surface area contributed by atoms with Gasteiger partial charge < -0.3 is 9.73 Å². The quantitative estimate of drug-likeness (QED) is 0.806. The Morgan fingerprint density at radius 2 is 2.15 bits per heavy atom. The number of thiophene rings is 1. The van der Waals surface area contributed by atoms with Crippen LogP contribution in [0.2, 0.25) is 0 Å². The van der Waals surface area contributed by atoms with E-state index in [1.54, 1.807) is 18.4 Å². The molecule has 1 N–H and O–H groups in total. The number of rotatable bonds is 3. The van der Waals surface area contributed by atoms with E-state index >= 15 is 0 Å². The molecule has 0 fully saturated rings. The summed E-state index contributed by atoms with van der Waals surface area (Å²) in [6, 6.07) is 6.02. The zero-order chi connectivity index (χ0) is 14.3. The van der Waals surface area contributed by atoms with E-state index in [1.165, 1.54) is 15.7 Å². The van der Waals surface area contributed by atoms with Crippen molar-refractivity contribution in [1.82, 2.24) is 9.88 Å². The Hall–Kier alpha value is -1.85. The Bertz CT molecular complexity index is 813. The van der Waals surface area contributed by atoms with Gasteiger partial charge in [-0.3, -0.25) is 4.57 Å². The van der Waals surface area contributed by atoms with Crippen LogP contribution in [0.15, 0.2) is 38.2 Å². The molecule has 1 atom stereocenters. The van der Waals surface area contributed by atoms with Gasteiger partial charge in [-0.1, -0.05) is 6.07 Å². The molecule has 20 heavy (non-hydrogen) atoms. The second kappa shape index (κ2) is 4.92. The summed E-state index contributed by atoms with van der Waals surface area (Å²) in [7, 11) is 3.65. The highest BCUT2D eigenvalue weighted by atomic mass is 32.1. The number of nitrogens with zero attached hydrogens (tertiary/aromatic N) is 1. The lowest BCUT2D eigenvalue weighted by Crippen LogP contribution is -2.17. The monoisotopic (exact) mass is 288 g/mol. The van der Waals surface area contributed by atoms with E-state index in [1.807, 2.05) is 25.2 Å². The fourth-order valence-electron chi connectivity index (χ4n) is 2.50. The number of aryl methyl sites for hydroxylation is 2. The predicted molar refractivity (Wildman–Crippen MR) is 81.4 cm³/mol. The highest BCUT2D eigenvalue weighted by Crippen LogP contribution is 2.29. The Kier molecular flexibility index (Phi) is 3.23. The molecule has 0 spiro atoms. The van der Waals surface area contributed by atoms with E-state index in [9.17, 15) is 4.79 Å². The Morgan fingerprint density at radius 1 is 1.35 bits per heavy atom. The van der Waals surface area contributed by atoms with Crippen LogP contribution in [0, 0.1) is 6.92 Å². The third-order valence-electron chi connectivity index (χ3n) is 3.64. The summed E-state index contributed by atoms with van der Waals surface area (Å²) < 4.78 is 6.78. The van der Waals surface area contributed by atoms with E-state index < -0.39 is 0 Å². The molecule has 0 saturated heterocycles. The van der Waals surface area contributed by atoms with Crippen LogP contribution >= 0.6 is 11.3 Å². The molecule has 1 unspecified atom stereocenters. The van der Waals surface area contributed by atoms with E-state index in [0.29, 0.717) is 5.58 Å². The summed E-state index contributed by atoms with van der Waals surface area (Å²) in [5.41, 5.74) is 5.06. The van der Waals surface area contributed by atoms with Crippen LogP contribution in [-0.4, -0.2) is 11.6 Å². The molecular weight excluding hydrogens is 272 g/mol. The van der Waals surface area contributed by atoms with Crippen molar-refractivity contribution in [2.45, 2.75) is 13.0 Å². The van der Waals surface area contributed by atoms with E-state index in [-0.39, 0.29) is 11.8 Å². The van der Waals surface area contributed by atoms with Crippen molar-refractivity contribution < 1.29 is 4.42 Å². The molecule has 3 aromatic rings. The first-order valence-corrected chi connectivity index (χ1v) is 7.35. The zero-order valence-corrected chi connectivity index (χ0v) is 12.5. The number of benzene rings is 1. The minimum Gasteiger partial charge on any atom is -0.408 e. The van der Waals surface area contributed by atoms with Gasteiger partial charge in [-0.05, 0) is 53.6 Å². The average Bonchev–Trinajstić information content (AvgIpc) is 2.96. The molecule has 4 nitrogen and oxygen atoms in total. The van der Waals surface area contributed by atoms with E-state index in [0.717, 1.165) is 11.1 Å². The average molecular weight is 288 g/mol. The molecule has 3 rings (SSSR count). The van der Waals surface area contributed by atoms with Crippen molar-refractivity contribution in [2.75, 3.05) is 7.05 Å². The van der Waals surface area contributed by atoms with Gasteiger partial charge in [-0.25, -0.2) is 4.79 Å². The zero-order valence-electron chi connectivity index (χ0n) is 11.6. The lowest BCUT2D eigenvalue weighted by atomic mass is 9.98. The number of aromatic nitrogens is 1. The van der Waals surface area contributed by atoms with Crippen LogP contribution in [0.3, 0.4) is 0 Å². The Labute approximate surface area is 120 Å². The van der Waals surface area contributed by atoms with Crippen LogP contribution in [0.25, 0.3) is 11.1 Å². The summed E-state index contributed by atoms with van der Waals surface area (Å²) >= 11 is 1.70. The topological polar surface area (TPSA) is 47.2 Å². The molecule has 0 aliphatic rings. The van der Waals surface area contributed by atoms with Crippen molar-refractivity contribution in [3.63, 3.8) is 0 Å². The minimum absolute atomic E-state index is 0.108. The number of hydrogen-bond donors (Lipinski definition) is 1. The second-order valence-electron chi connectivity index (χ2n) is 4.89. The number of oxazole rings is 1. The third kappa shape index (κ3) is 1.99. The fourth-order valence-corrected chi connectivity index (χ4v) is 3.37. The summed E-state index contributed by atoms with van der Waals surface area (Å²) in [6.45, 7) is 2.11. The molecule has 0 aliphatic heterocycles. The van der Waals surface area contributed by atoms with Gasteiger partial charge in [-0.2, -0.15) is 11.3 Å². The van der Waals surface area contributed by atoms with E-state index in [2.05, 4.69) is 23.0 Å².